The number of hydrogen-bond acceptors (Lipinski definition) is 5. The lowest BCUT2D eigenvalue weighted by atomic mass is 9.92. The van der Waals surface area contributed by atoms with E-state index in [0.717, 1.165) is 60.1 Å². The van der Waals surface area contributed by atoms with Crippen LogP contribution in [0.2, 0.25) is 0 Å². The molecule has 4 aromatic rings. The van der Waals surface area contributed by atoms with Crippen molar-refractivity contribution in [2.75, 3.05) is 0 Å². The maximum Gasteiger partial charge on any atom is 0.252 e. The van der Waals surface area contributed by atoms with Gasteiger partial charge in [0.15, 0.2) is 5.82 Å². The number of aromatic nitrogens is 5. The molecule has 0 spiro atoms. The van der Waals surface area contributed by atoms with E-state index in [1.165, 1.54) is 30.4 Å². The van der Waals surface area contributed by atoms with Gasteiger partial charge in [-0.3, -0.25) is 9.69 Å². The second-order valence-electron chi connectivity index (χ2n) is 10.6. The molecule has 0 radical (unpaired) electrons. The van der Waals surface area contributed by atoms with Crippen LogP contribution in [0, 0.1) is 13.8 Å². The molecule has 2 aromatic carbocycles. The summed E-state index contributed by atoms with van der Waals surface area (Å²) in [5, 5.41) is 14.1. The molecule has 7 nitrogen and oxygen atoms in total. The molecule has 2 aromatic heterocycles. The lowest BCUT2D eigenvalue weighted by Gasteiger charge is -2.39. The van der Waals surface area contributed by atoms with Crippen LogP contribution < -0.4 is 5.56 Å². The number of H-pyrrole nitrogens is 1. The Bertz CT molecular complexity index is 1390. The Hall–Kier alpha value is -3.32. The maximum atomic E-state index is 13.3. The van der Waals surface area contributed by atoms with Gasteiger partial charge in [-0.2, -0.15) is 0 Å². The zero-order chi connectivity index (χ0) is 25.8. The maximum absolute atomic E-state index is 13.3. The lowest BCUT2D eigenvalue weighted by molar-refractivity contribution is 0.0841. The predicted octanol–water partition coefficient (Wildman–Crippen LogP) is 5.66. The number of pyridine rings is 1. The third-order valence-electron chi connectivity index (χ3n) is 7.89. The minimum absolute atomic E-state index is 0.00293. The Morgan fingerprint density at radius 1 is 1.08 bits per heavy atom. The number of benzene rings is 2. The molecule has 0 aliphatic heterocycles. The van der Waals surface area contributed by atoms with Crippen molar-refractivity contribution in [2.24, 2.45) is 0 Å². The normalized spacial score (nSPS) is 15.5. The second-order valence-corrected chi connectivity index (χ2v) is 10.6. The summed E-state index contributed by atoms with van der Waals surface area (Å²) >= 11 is 0. The van der Waals surface area contributed by atoms with Gasteiger partial charge in [-0.1, -0.05) is 62.6 Å². The van der Waals surface area contributed by atoms with E-state index in [0.29, 0.717) is 12.6 Å². The molecule has 194 valence electrons. The van der Waals surface area contributed by atoms with Crippen LogP contribution in [0.5, 0.6) is 0 Å². The molecule has 1 aliphatic rings. The Labute approximate surface area is 218 Å². The minimum Gasteiger partial charge on any atom is -0.322 e. The zero-order valence-electron chi connectivity index (χ0n) is 22.3. The number of hydrogen-bond donors (Lipinski definition) is 1. The molecule has 2 heterocycles. The van der Waals surface area contributed by atoms with Gasteiger partial charge in [-0.15, -0.1) is 5.10 Å². The first-order valence-electron chi connectivity index (χ1n) is 13.7. The van der Waals surface area contributed by atoms with Gasteiger partial charge in [-0.25, -0.2) is 4.68 Å². The van der Waals surface area contributed by atoms with E-state index in [1.807, 2.05) is 10.7 Å². The summed E-state index contributed by atoms with van der Waals surface area (Å²) < 4.78 is 1.97. The summed E-state index contributed by atoms with van der Waals surface area (Å²) in [4.78, 5) is 18.9. The zero-order valence-corrected chi connectivity index (χ0v) is 22.3. The SMILES string of the molecule is CCC(c1nnnn1CCc1ccccc1)N(Cc1cc2c(C)cc(C)cc2[nH]c1=O)C1CCCCC1. The molecule has 0 saturated heterocycles. The molecule has 1 unspecified atom stereocenters. The molecule has 1 aliphatic carbocycles. The average molecular weight is 499 g/mol. The highest BCUT2D eigenvalue weighted by Crippen LogP contribution is 2.33. The average Bonchev–Trinajstić information content (AvgIpc) is 3.37. The Morgan fingerprint density at radius 2 is 1.86 bits per heavy atom. The van der Waals surface area contributed by atoms with Gasteiger partial charge in [0.05, 0.1) is 6.04 Å². The van der Waals surface area contributed by atoms with Crippen LogP contribution >= 0.6 is 0 Å². The first-order chi connectivity index (χ1) is 18.0. The van der Waals surface area contributed by atoms with Crippen molar-refractivity contribution in [3.63, 3.8) is 0 Å². The standard InChI is InChI=1S/C30H38N6O/c1-4-28(29-32-33-34-36(29)16-15-23-11-7-5-8-12-23)35(25-13-9-6-10-14-25)20-24-19-26-22(3)17-21(2)18-27(26)31-30(24)37/h5,7-8,11-12,17-19,25,28H,4,6,9-10,13-16,20H2,1-3H3,(H,31,37). The lowest BCUT2D eigenvalue weighted by Crippen LogP contribution is -2.41. The number of aryl methyl sites for hydroxylation is 4. The molecule has 0 amide bonds. The highest BCUT2D eigenvalue weighted by Gasteiger charge is 2.32. The quantitative estimate of drug-likeness (QED) is 0.322. The van der Waals surface area contributed by atoms with Crippen LogP contribution in [0.15, 0.2) is 53.3 Å². The largest absolute Gasteiger partial charge is 0.322 e. The van der Waals surface area contributed by atoms with Gasteiger partial charge < -0.3 is 4.98 Å². The van der Waals surface area contributed by atoms with E-state index in [9.17, 15) is 4.79 Å². The van der Waals surface area contributed by atoms with Crippen molar-refractivity contribution < 1.29 is 0 Å². The van der Waals surface area contributed by atoms with Crippen molar-refractivity contribution in [2.45, 2.75) is 90.9 Å². The van der Waals surface area contributed by atoms with E-state index in [1.54, 1.807) is 0 Å². The fourth-order valence-electron chi connectivity index (χ4n) is 5.99. The molecular weight excluding hydrogens is 460 g/mol. The minimum atomic E-state index is -0.00293. The molecule has 1 N–H and O–H groups in total. The summed E-state index contributed by atoms with van der Waals surface area (Å²) in [7, 11) is 0. The number of tetrazole rings is 1. The van der Waals surface area contributed by atoms with Crippen molar-refractivity contribution >= 4 is 10.9 Å². The fraction of sp³-hybridized carbons (Fsp3) is 0.467. The third kappa shape index (κ3) is 5.67. The van der Waals surface area contributed by atoms with E-state index >= 15 is 0 Å². The van der Waals surface area contributed by atoms with Gasteiger partial charge in [0.1, 0.15) is 0 Å². The molecule has 37 heavy (non-hydrogen) atoms. The highest BCUT2D eigenvalue weighted by molar-refractivity contribution is 5.83. The molecule has 7 heteroatoms. The van der Waals surface area contributed by atoms with Crippen LogP contribution in [0.25, 0.3) is 10.9 Å². The van der Waals surface area contributed by atoms with E-state index in [4.69, 9.17) is 0 Å². The summed E-state index contributed by atoms with van der Waals surface area (Å²) in [5.74, 6) is 0.896. The topological polar surface area (TPSA) is 79.7 Å². The summed E-state index contributed by atoms with van der Waals surface area (Å²) in [6, 6.07) is 17.3. The summed E-state index contributed by atoms with van der Waals surface area (Å²) in [6.07, 6.45) is 7.78. The summed E-state index contributed by atoms with van der Waals surface area (Å²) in [6.45, 7) is 7.71. The molecule has 0 bridgehead atoms. The van der Waals surface area contributed by atoms with E-state index in [2.05, 4.69) is 88.6 Å². The van der Waals surface area contributed by atoms with Crippen LogP contribution in [0.3, 0.4) is 0 Å². The Kier molecular flexibility index (Phi) is 7.79. The van der Waals surface area contributed by atoms with Crippen LogP contribution in [-0.4, -0.2) is 36.1 Å². The number of aromatic amines is 1. The first-order valence-corrected chi connectivity index (χ1v) is 13.7. The number of nitrogens with one attached hydrogen (secondary N) is 1. The monoisotopic (exact) mass is 498 g/mol. The Balaban J connectivity index is 1.48. The Morgan fingerprint density at radius 3 is 2.62 bits per heavy atom. The number of fused-ring (bicyclic) bond motifs is 1. The second kappa shape index (κ2) is 11.4. The summed E-state index contributed by atoms with van der Waals surface area (Å²) in [5.41, 5.74) is 5.34. The van der Waals surface area contributed by atoms with Gasteiger partial charge >= 0.3 is 0 Å². The van der Waals surface area contributed by atoms with Crippen molar-refractivity contribution in [3.05, 3.63) is 87.0 Å². The van der Waals surface area contributed by atoms with E-state index < -0.39 is 0 Å². The molecular formula is C30H38N6O. The van der Waals surface area contributed by atoms with Gasteiger partial charge in [0.2, 0.25) is 0 Å². The highest BCUT2D eigenvalue weighted by atomic mass is 16.1. The van der Waals surface area contributed by atoms with Crippen LogP contribution in [-0.2, 0) is 19.5 Å². The van der Waals surface area contributed by atoms with Crippen LogP contribution in [0.4, 0.5) is 0 Å². The predicted molar refractivity (Wildman–Crippen MR) is 147 cm³/mol. The van der Waals surface area contributed by atoms with Gasteiger partial charge in [-0.05, 0) is 78.8 Å². The van der Waals surface area contributed by atoms with E-state index in [-0.39, 0.29) is 11.6 Å². The first kappa shape index (κ1) is 25.3. The molecule has 1 fully saturated rings. The molecule has 5 rings (SSSR count). The van der Waals surface area contributed by atoms with Crippen molar-refractivity contribution in [3.8, 4) is 0 Å². The number of nitrogens with zero attached hydrogens (tertiary/aromatic N) is 5. The van der Waals surface area contributed by atoms with Gasteiger partial charge in [0, 0.05) is 35.6 Å². The molecule has 1 saturated carbocycles. The fourth-order valence-corrected chi connectivity index (χ4v) is 5.99. The van der Waals surface area contributed by atoms with Gasteiger partial charge in [0.25, 0.3) is 5.56 Å². The third-order valence-corrected chi connectivity index (χ3v) is 7.89. The van der Waals surface area contributed by atoms with Crippen LogP contribution in [0.1, 0.15) is 79.6 Å². The van der Waals surface area contributed by atoms with Crippen molar-refractivity contribution in [1.29, 1.82) is 0 Å². The van der Waals surface area contributed by atoms with Crippen molar-refractivity contribution in [1.82, 2.24) is 30.1 Å². The number of rotatable bonds is 9. The molecule has 1 atom stereocenters. The smallest absolute Gasteiger partial charge is 0.252 e.